The van der Waals surface area contributed by atoms with Gasteiger partial charge in [0.15, 0.2) is 0 Å². The van der Waals surface area contributed by atoms with Crippen LogP contribution in [0.25, 0.3) is 0 Å². The van der Waals surface area contributed by atoms with Gasteiger partial charge in [0, 0.05) is 12.8 Å². The maximum absolute atomic E-state index is 13.1. The molecule has 1 saturated carbocycles. The molecule has 0 aliphatic heterocycles. The average Bonchev–Trinajstić information content (AvgIpc) is 1.97. The monoisotopic (exact) mass is 192 g/mol. The van der Waals surface area contributed by atoms with Gasteiger partial charge in [0.05, 0.1) is 5.60 Å². The number of hydrogen-bond acceptors (Lipinski definition) is 1. The van der Waals surface area contributed by atoms with E-state index in [1.165, 1.54) is 6.92 Å². The molecule has 0 aromatic heterocycles. The van der Waals surface area contributed by atoms with Gasteiger partial charge >= 0.3 is 0 Å². The number of aliphatic hydroxyl groups is 1. The van der Waals surface area contributed by atoms with Gasteiger partial charge in [0.2, 0.25) is 0 Å². The van der Waals surface area contributed by atoms with E-state index in [1.807, 2.05) is 20.8 Å². The minimum absolute atomic E-state index is 0.191. The Hall–Kier alpha value is -0.180. The normalized spacial score (nSPS) is 39.5. The van der Waals surface area contributed by atoms with Gasteiger partial charge in [0.1, 0.15) is 0 Å². The van der Waals surface area contributed by atoms with Crippen LogP contribution >= 0.6 is 0 Å². The molecule has 78 valence electrons. The molecule has 1 nitrogen and oxygen atoms in total. The van der Waals surface area contributed by atoms with Crippen molar-refractivity contribution in [2.75, 3.05) is 0 Å². The summed E-state index contributed by atoms with van der Waals surface area (Å²) in [7, 11) is 0. The number of hydrogen-bond donors (Lipinski definition) is 1. The van der Waals surface area contributed by atoms with Gasteiger partial charge in [-0.3, -0.25) is 0 Å². The molecule has 0 bridgehead atoms. The highest BCUT2D eigenvalue weighted by molar-refractivity contribution is 5.01. The lowest BCUT2D eigenvalue weighted by Gasteiger charge is -2.35. The minimum Gasteiger partial charge on any atom is -0.390 e. The molecule has 0 spiro atoms. The summed E-state index contributed by atoms with van der Waals surface area (Å²) < 4.78 is 26.1. The van der Waals surface area contributed by atoms with E-state index in [1.54, 1.807) is 0 Å². The summed E-state index contributed by atoms with van der Waals surface area (Å²) in [6.07, 6.45) is -0.592. The molecule has 0 radical (unpaired) electrons. The molecule has 1 aliphatic rings. The zero-order valence-corrected chi connectivity index (χ0v) is 8.69. The summed E-state index contributed by atoms with van der Waals surface area (Å²) in [5, 5.41) is 9.85. The van der Waals surface area contributed by atoms with Crippen LogP contribution in [-0.4, -0.2) is 16.6 Å². The van der Waals surface area contributed by atoms with Crippen molar-refractivity contribution in [3.63, 3.8) is 0 Å². The van der Waals surface area contributed by atoms with Crippen molar-refractivity contribution in [3.05, 3.63) is 0 Å². The third-order valence-electron chi connectivity index (χ3n) is 2.92. The predicted molar refractivity (Wildman–Crippen MR) is 47.7 cm³/mol. The fourth-order valence-corrected chi connectivity index (χ4v) is 2.48. The lowest BCUT2D eigenvalue weighted by atomic mass is 9.73. The molecule has 1 N–H and O–H groups in total. The second-order valence-electron chi connectivity index (χ2n) is 5.51. The topological polar surface area (TPSA) is 20.2 Å². The van der Waals surface area contributed by atoms with Crippen LogP contribution in [0.5, 0.6) is 0 Å². The SMILES string of the molecule is CC(C)(C)[C@H]1CC(F)(F)C[C@@]1(C)O. The Morgan fingerprint density at radius 1 is 1.31 bits per heavy atom. The highest BCUT2D eigenvalue weighted by Crippen LogP contribution is 2.52. The van der Waals surface area contributed by atoms with E-state index in [9.17, 15) is 13.9 Å². The van der Waals surface area contributed by atoms with Crippen LogP contribution in [0.2, 0.25) is 0 Å². The minimum atomic E-state index is -2.69. The highest BCUT2D eigenvalue weighted by Gasteiger charge is 2.56. The Balaban J connectivity index is 2.89. The van der Waals surface area contributed by atoms with Gasteiger partial charge < -0.3 is 5.11 Å². The second-order valence-corrected chi connectivity index (χ2v) is 5.51. The molecule has 0 aromatic carbocycles. The zero-order valence-electron chi connectivity index (χ0n) is 8.69. The molecule has 1 aliphatic carbocycles. The fraction of sp³-hybridized carbons (Fsp3) is 1.00. The largest absolute Gasteiger partial charge is 0.390 e. The fourth-order valence-electron chi connectivity index (χ4n) is 2.48. The number of rotatable bonds is 0. The first kappa shape index (κ1) is 10.9. The second kappa shape index (κ2) is 2.66. The van der Waals surface area contributed by atoms with Crippen molar-refractivity contribution < 1.29 is 13.9 Å². The molecule has 2 atom stereocenters. The summed E-state index contributed by atoms with van der Waals surface area (Å²) in [6, 6.07) is 0. The summed E-state index contributed by atoms with van der Waals surface area (Å²) in [6.45, 7) is 7.21. The van der Waals surface area contributed by atoms with Gasteiger partial charge in [-0.25, -0.2) is 8.78 Å². The maximum atomic E-state index is 13.1. The molecule has 13 heavy (non-hydrogen) atoms. The van der Waals surface area contributed by atoms with E-state index in [-0.39, 0.29) is 17.8 Å². The van der Waals surface area contributed by atoms with Crippen molar-refractivity contribution in [2.45, 2.75) is 52.1 Å². The number of halogens is 2. The Morgan fingerprint density at radius 2 is 1.77 bits per heavy atom. The lowest BCUT2D eigenvalue weighted by Crippen LogP contribution is -2.37. The van der Waals surface area contributed by atoms with Crippen LogP contribution in [0.3, 0.4) is 0 Å². The molecule has 1 rings (SSSR count). The third-order valence-corrected chi connectivity index (χ3v) is 2.92. The quantitative estimate of drug-likeness (QED) is 0.625. The first-order valence-corrected chi connectivity index (χ1v) is 4.65. The molecular formula is C10H18F2O. The Morgan fingerprint density at radius 3 is 1.92 bits per heavy atom. The Kier molecular flexibility index (Phi) is 2.23. The van der Waals surface area contributed by atoms with Crippen LogP contribution in [0.15, 0.2) is 0 Å². The molecule has 0 unspecified atom stereocenters. The lowest BCUT2D eigenvalue weighted by molar-refractivity contribution is -0.0393. The standard InChI is InChI=1S/C10H18F2O/c1-8(2,3)7-5-10(11,12)6-9(7,4)13/h7,13H,5-6H2,1-4H3/t7-,9-/m1/s1. The van der Waals surface area contributed by atoms with Gasteiger partial charge in [-0.2, -0.15) is 0 Å². The van der Waals surface area contributed by atoms with Crippen LogP contribution in [-0.2, 0) is 0 Å². The first-order chi connectivity index (χ1) is 5.55. The van der Waals surface area contributed by atoms with E-state index >= 15 is 0 Å². The molecule has 1 fully saturated rings. The third kappa shape index (κ3) is 2.19. The molecule has 0 saturated heterocycles. The van der Waals surface area contributed by atoms with Crippen molar-refractivity contribution in [2.24, 2.45) is 11.3 Å². The zero-order chi connectivity index (χ0) is 10.5. The molecular weight excluding hydrogens is 174 g/mol. The summed E-state index contributed by atoms with van der Waals surface area (Å²) in [4.78, 5) is 0. The van der Waals surface area contributed by atoms with Gasteiger partial charge in [0.25, 0.3) is 5.92 Å². The van der Waals surface area contributed by atoms with Crippen LogP contribution in [0.1, 0.15) is 40.5 Å². The van der Waals surface area contributed by atoms with E-state index in [0.29, 0.717) is 0 Å². The van der Waals surface area contributed by atoms with E-state index in [0.717, 1.165) is 0 Å². The van der Waals surface area contributed by atoms with Crippen LogP contribution in [0, 0.1) is 11.3 Å². The Bertz CT molecular complexity index is 203. The molecule has 0 amide bonds. The van der Waals surface area contributed by atoms with Crippen LogP contribution in [0.4, 0.5) is 8.78 Å². The average molecular weight is 192 g/mol. The summed E-state index contributed by atoms with van der Waals surface area (Å²) >= 11 is 0. The first-order valence-electron chi connectivity index (χ1n) is 4.65. The highest BCUT2D eigenvalue weighted by atomic mass is 19.3. The molecule has 0 aromatic rings. The molecule has 0 heterocycles. The van der Waals surface area contributed by atoms with Crippen molar-refractivity contribution in [1.29, 1.82) is 0 Å². The molecule has 3 heteroatoms. The van der Waals surface area contributed by atoms with E-state index < -0.39 is 17.9 Å². The summed E-state index contributed by atoms with van der Waals surface area (Å²) in [5.41, 5.74) is -1.48. The van der Waals surface area contributed by atoms with Crippen molar-refractivity contribution in [3.8, 4) is 0 Å². The predicted octanol–water partition coefficient (Wildman–Crippen LogP) is 2.83. The Labute approximate surface area is 78.1 Å². The number of alkyl halides is 2. The van der Waals surface area contributed by atoms with Gasteiger partial charge in [-0.05, 0) is 18.3 Å². The van der Waals surface area contributed by atoms with Gasteiger partial charge in [-0.1, -0.05) is 20.8 Å². The van der Waals surface area contributed by atoms with Crippen molar-refractivity contribution in [1.82, 2.24) is 0 Å². The van der Waals surface area contributed by atoms with E-state index in [2.05, 4.69) is 0 Å². The maximum Gasteiger partial charge on any atom is 0.251 e. The van der Waals surface area contributed by atoms with Crippen LogP contribution < -0.4 is 0 Å². The van der Waals surface area contributed by atoms with Gasteiger partial charge in [-0.15, -0.1) is 0 Å². The smallest absolute Gasteiger partial charge is 0.251 e. The summed E-state index contributed by atoms with van der Waals surface area (Å²) in [5.74, 6) is -3.02. The van der Waals surface area contributed by atoms with Crippen molar-refractivity contribution >= 4 is 0 Å². The van der Waals surface area contributed by atoms with E-state index in [4.69, 9.17) is 0 Å².